The molecule has 6 heteroatoms. The average Bonchev–Trinajstić information content (AvgIpc) is 3.12. The fourth-order valence-corrected chi connectivity index (χ4v) is 3.38. The number of likely N-dealkylation sites (tertiary alicyclic amines) is 1. The minimum absolute atomic E-state index is 0.110. The number of nitrogens with zero attached hydrogens (tertiary/aromatic N) is 2. The number of nitrogens with one attached hydrogen (secondary N) is 2. The molecular weight excluding hydrogens is 292 g/mol. The molecule has 23 heavy (non-hydrogen) atoms. The number of carbonyl (C=O) groups excluding carboxylic acids is 2. The first-order valence-corrected chi connectivity index (χ1v) is 8.75. The van der Waals surface area contributed by atoms with Crippen LogP contribution in [-0.4, -0.2) is 39.5 Å². The lowest BCUT2D eigenvalue weighted by Crippen LogP contribution is -2.50. The molecule has 1 saturated heterocycles. The average molecular weight is 318 g/mol. The summed E-state index contributed by atoms with van der Waals surface area (Å²) in [6.45, 7) is 4.89. The van der Waals surface area contributed by atoms with Gasteiger partial charge in [-0.3, -0.25) is 14.7 Å². The van der Waals surface area contributed by atoms with Crippen molar-refractivity contribution in [1.29, 1.82) is 0 Å². The summed E-state index contributed by atoms with van der Waals surface area (Å²) in [5.41, 5.74) is 1.02. The second kappa shape index (κ2) is 6.72. The van der Waals surface area contributed by atoms with Gasteiger partial charge < -0.3 is 10.2 Å². The summed E-state index contributed by atoms with van der Waals surface area (Å²) < 4.78 is 0. The van der Waals surface area contributed by atoms with E-state index in [-0.39, 0.29) is 23.8 Å². The van der Waals surface area contributed by atoms with Crippen molar-refractivity contribution in [3.8, 4) is 0 Å². The Balaban J connectivity index is 1.64. The number of aromatic nitrogens is 2. The van der Waals surface area contributed by atoms with Gasteiger partial charge in [0.25, 0.3) is 0 Å². The molecule has 2 N–H and O–H groups in total. The number of amides is 2. The van der Waals surface area contributed by atoms with Crippen molar-refractivity contribution in [1.82, 2.24) is 15.1 Å². The zero-order valence-electron chi connectivity index (χ0n) is 14.0. The van der Waals surface area contributed by atoms with Gasteiger partial charge in [-0.1, -0.05) is 20.3 Å². The zero-order chi connectivity index (χ0) is 16.4. The Bertz CT molecular complexity index is 583. The summed E-state index contributed by atoms with van der Waals surface area (Å²) in [5, 5.41) is 9.95. The van der Waals surface area contributed by atoms with Crippen LogP contribution in [0.4, 0.5) is 5.82 Å². The first kappa shape index (κ1) is 16.0. The Hall–Kier alpha value is -1.85. The number of piperidine rings is 1. The molecular formula is C17H26N4O2. The van der Waals surface area contributed by atoms with Crippen molar-refractivity contribution in [2.45, 2.75) is 58.4 Å². The van der Waals surface area contributed by atoms with Gasteiger partial charge in [0.15, 0.2) is 5.82 Å². The van der Waals surface area contributed by atoms with Crippen LogP contribution in [0.15, 0.2) is 6.07 Å². The summed E-state index contributed by atoms with van der Waals surface area (Å²) in [5.74, 6) is 1.20. The summed E-state index contributed by atoms with van der Waals surface area (Å²) in [4.78, 5) is 27.0. The molecule has 126 valence electrons. The summed E-state index contributed by atoms with van der Waals surface area (Å²) in [6, 6.07) is 1.52. The number of aryl methyl sites for hydroxylation is 1. The first-order valence-electron chi connectivity index (χ1n) is 8.75. The van der Waals surface area contributed by atoms with Crippen molar-refractivity contribution >= 4 is 17.6 Å². The summed E-state index contributed by atoms with van der Waals surface area (Å²) in [7, 11) is 0. The third-order valence-electron chi connectivity index (χ3n) is 4.92. The van der Waals surface area contributed by atoms with Crippen LogP contribution in [0.5, 0.6) is 0 Å². The molecule has 1 aromatic heterocycles. The van der Waals surface area contributed by atoms with E-state index in [9.17, 15) is 9.59 Å². The molecule has 0 bridgehead atoms. The Morgan fingerprint density at radius 3 is 2.91 bits per heavy atom. The standard InChI is InChI=1S/C17H26N4O2/c1-3-6-12-10-15(20-19-12)18-16(22)14-7-4-5-8-21(14)17(23)13-9-11(13)2/h10-11,13-14H,3-9H2,1-2H3,(H2,18,19,20,22)/t11-,13-,14+/m1/s1. The fourth-order valence-electron chi connectivity index (χ4n) is 3.38. The van der Waals surface area contributed by atoms with E-state index >= 15 is 0 Å². The summed E-state index contributed by atoms with van der Waals surface area (Å²) in [6.07, 6.45) is 5.62. The highest BCUT2D eigenvalue weighted by Gasteiger charge is 2.44. The van der Waals surface area contributed by atoms with Crippen LogP contribution in [-0.2, 0) is 16.0 Å². The highest BCUT2D eigenvalue weighted by molar-refractivity contribution is 5.97. The van der Waals surface area contributed by atoms with Crippen LogP contribution in [0.2, 0.25) is 0 Å². The number of hydrogen-bond donors (Lipinski definition) is 2. The maximum Gasteiger partial charge on any atom is 0.248 e. The molecule has 0 aromatic carbocycles. The Morgan fingerprint density at radius 1 is 1.43 bits per heavy atom. The fraction of sp³-hybridized carbons (Fsp3) is 0.706. The summed E-state index contributed by atoms with van der Waals surface area (Å²) >= 11 is 0. The molecule has 1 saturated carbocycles. The van der Waals surface area contributed by atoms with Crippen molar-refractivity contribution in [2.24, 2.45) is 11.8 Å². The number of anilines is 1. The predicted octanol–water partition coefficient (Wildman–Crippen LogP) is 2.34. The molecule has 1 aliphatic heterocycles. The van der Waals surface area contributed by atoms with E-state index in [1.807, 2.05) is 6.07 Å². The molecule has 2 heterocycles. The third kappa shape index (κ3) is 3.57. The van der Waals surface area contributed by atoms with Gasteiger partial charge in [0.1, 0.15) is 6.04 Å². The normalized spacial score (nSPS) is 26.9. The van der Waals surface area contributed by atoms with Crippen LogP contribution < -0.4 is 5.32 Å². The van der Waals surface area contributed by atoms with E-state index in [2.05, 4.69) is 29.4 Å². The van der Waals surface area contributed by atoms with Crippen LogP contribution in [0.25, 0.3) is 0 Å². The molecule has 6 nitrogen and oxygen atoms in total. The van der Waals surface area contributed by atoms with Gasteiger partial charge in [-0.25, -0.2) is 0 Å². The number of carbonyl (C=O) groups is 2. The topological polar surface area (TPSA) is 78.1 Å². The largest absolute Gasteiger partial charge is 0.330 e. The predicted molar refractivity (Wildman–Crippen MR) is 87.8 cm³/mol. The molecule has 1 aromatic rings. The Labute approximate surface area is 137 Å². The molecule has 0 unspecified atom stereocenters. The van der Waals surface area contributed by atoms with Crippen LogP contribution in [0, 0.1) is 11.8 Å². The lowest BCUT2D eigenvalue weighted by atomic mass is 10.0. The highest BCUT2D eigenvalue weighted by Crippen LogP contribution is 2.40. The van der Waals surface area contributed by atoms with Gasteiger partial charge in [-0.05, 0) is 38.0 Å². The molecule has 2 amide bonds. The van der Waals surface area contributed by atoms with Crippen LogP contribution in [0.1, 0.15) is 51.6 Å². The minimum atomic E-state index is -0.352. The number of hydrogen-bond acceptors (Lipinski definition) is 3. The lowest BCUT2D eigenvalue weighted by molar-refractivity contribution is -0.141. The lowest BCUT2D eigenvalue weighted by Gasteiger charge is -2.34. The van der Waals surface area contributed by atoms with E-state index < -0.39 is 0 Å². The van der Waals surface area contributed by atoms with Crippen molar-refractivity contribution in [2.75, 3.05) is 11.9 Å². The highest BCUT2D eigenvalue weighted by atomic mass is 16.2. The van der Waals surface area contributed by atoms with Gasteiger partial charge in [0, 0.05) is 24.2 Å². The molecule has 0 spiro atoms. The first-order chi connectivity index (χ1) is 11.1. The van der Waals surface area contributed by atoms with Crippen molar-refractivity contribution in [3.05, 3.63) is 11.8 Å². The van der Waals surface area contributed by atoms with E-state index in [1.165, 1.54) is 0 Å². The molecule has 2 aliphatic rings. The van der Waals surface area contributed by atoms with Gasteiger partial charge in [-0.15, -0.1) is 0 Å². The van der Waals surface area contributed by atoms with E-state index in [4.69, 9.17) is 0 Å². The second-order valence-electron chi connectivity index (χ2n) is 6.88. The Kier molecular flexibility index (Phi) is 4.68. The maximum absolute atomic E-state index is 12.6. The van der Waals surface area contributed by atoms with E-state index in [0.29, 0.717) is 18.3 Å². The minimum Gasteiger partial charge on any atom is -0.330 e. The zero-order valence-corrected chi connectivity index (χ0v) is 14.0. The SMILES string of the molecule is CCCc1cc(NC(=O)[C@@H]2CCCCN2C(=O)[C@@H]2C[C@H]2C)n[nH]1. The van der Waals surface area contributed by atoms with Gasteiger partial charge in [-0.2, -0.15) is 5.10 Å². The van der Waals surface area contributed by atoms with Gasteiger partial charge in [0.2, 0.25) is 11.8 Å². The van der Waals surface area contributed by atoms with Gasteiger partial charge in [0.05, 0.1) is 0 Å². The monoisotopic (exact) mass is 318 g/mol. The quantitative estimate of drug-likeness (QED) is 0.874. The van der Waals surface area contributed by atoms with Gasteiger partial charge >= 0.3 is 0 Å². The van der Waals surface area contributed by atoms with E-state index in [1.54, 1.807) is 4.90 Å². The maximum atomic E-state index is 12.6. The van der Waals surface area contributed by atoms with Crippen molar-refractivity contribution in [3.63, 3.8) is 0 Å². The van der Waals surface area contributed by atoms with Crippen LogP contribution in [0.3, 0.4) is 0 Å². The van der Waals surface area contributed by atoms with Crippen molar-refractivity contribution < 1.29 is 9.59 Å². The molecule has 1 aliphatic carbocycles. The Morgan fingerprint density at radius 2 is 2.22 bits per heavy atom. The number of aromatic amines is 1. The van der Waals surface area contributed by atoms with E-state index in [0.717, 1.165) is 44.2 Å². The third-order valence-corrected chi connectivity index (χ3v) is 4.92. The molecule has 0 radical (unpaired) electrons. The molecule has 3 rings (SSSR count). The second-order valence-corrected chi connectivity index (χ2v) is 6.88. The number of rotatable bonds is 5. The molecule has 3 atom stereocenters. The molecule has 2 fully saturated rings. The smallest absolute Gasteiger partial charge is 0.248 e. The number of H-pyrrole nitrogens is 1. The van der Waals surface area contributed by atoms with Crippen LogP contribution >= 0.6 is 0 Å².